The third-order valence-electron chi connectivity index (χ3n) is 4.28. The topological polar surface area (TPSA) is 74.1 Å². The Morgan fingerprint density at radius 1 is 1.29 bits per heavy atom. The van der Waals surface area contributed by atoms with Crippen molar-refractivity contribution < 1.29 is 9.59 Å². The molecule has 0 unspecified atom stereocenters. The quantitative estimate of drug-likeness (QED) is 0.855. The third-order valence-corrected chi connectivity index (χ3v) is 5.38. The lowest BCUT2D eigenvalue weighted by Gasteiger charge is -2.24. The van der Waals surface area contributed by atoms with Crippen molar-refractivity contribution in [3.63, 3.8) is 0 Å². The van der Waals surface area contributed by atoms with E-state index in [0.29, 0.717) is 18.0 Å². The predicted molar refractivity (Wildman–Crippen MR) is 92.6 cm³/mol. The Morgan fingerprint density at radius 2 is 2.08 bits per heavy atom. The van der Waals surface area contributed by atoms with Crippen LogP contribution in [0.2, 0.25) is 0 Å². The minimum atomic E-state index is -0.902. The molecule has 0 radical (unpaired) electrons. The number of thiazole rings is 1. The van der Waals surface area contributed by atoms with Gasteiger partial charge < -0.3 is 4.90 Å². The number of nitrogens with zero attached hydrogens (tertiary/aromatic N) is 3. The molecule has 1 aliphatic heterocycles. The van der Waals surface area contributed by atoms with E-state index in [4.69, 9.17) is 0 Å². The standard InChI is InChI=1S/C18H19N3O2S/c19-11-13(18-20-14-7-4-5-8-16(14)24-18)15(22)12-21-10-6-2-1-3-9-17(21)23/h4-5,7-8,13H,1-3,6,9-10,12H2/t13-/m1/s1. The van der Waals surface area contributed by atoms with E-state index >= 15 is 0 Å². The summed E-state index contributed by atoms with van der Waals surface area (Å²) in [6, 6.07) is 9.66. The minimum absolute atomic E-state index is 0.00693. The smallest absolute Gasteiger partial charge is 0.222 e. The average Bonchev–Trinajstić information content (AvgIpc) is 2.99. The van der Waals surface area contributed by atoms with Crippen LogP contribution in [-0.4, -0.2) is 34.7 Å². The second-order valence-electron chi connectivity index (χ2n) is 6.03. The van der Waals surface area contributed by atoms with E-state index in [2.05, 4.69) is 11.1 Å². The highest BCUT2D eigenvalue weighted by Gasteiger charge is 2.27. The Kier molecular flexibility index (Phi) is 5.21. The lowest BCUT2D eigenvalue weighted by Crippen LogP contribution is -2.38. The molecule has 1 fully saturated rings. The second-order valence-corrected chi connectivity index (χ2v) is 7.09. The van der Waals surface area contributed by atoms with Gasteiger partial charge in [0.1, 0.15) is 5.01 Å². The molecule has 1 aliphatic rings. The number of para-hydroxylation sites is 1. The number of aromatic nitrogens is 1. The summed E-state index contributed by atoms with van der Waals surface area (Å²) in [6.45, 7) is 0.607. The van der Waals surface area contributed by atoms with Crippen LogP contribution in [0.1, 0.15) is 43.0 Å². The van der Waals surface area contributed by atoms with Crippen molar-refractivity contribution in [3.8, 4) is 6.07 Å². The van der Waals surface area contributed by atoms with Crippen LogP contribution in [0.25, 0.3) is 10.2 Å². The summed E-state index contributed by atoms with van der Waals surface area (Å²) >= 11 is 1.37. The highest BCUT2D eigenvalue weighted by molar-refractivity contribution is 7.18. The maximum absolute atomic E-state index is 12.6. The summed E-state index contributed by atoms with van der Waals surface area (Å²) in [5.41, 5.74) is 0.799. The van der Waals surface area contributed by atoms with E-state index in [1.807, 2.05) is 24.3 Å². The lowest BCUT2D eigenvalue weighted by molar-refractivity contribution is -0.136. The summed E-state index contributed by atoms with van der Waals surface area (Å²) in [7, 11) is 0. The Labute approximate surface area is 144 Å². The molecule has 0 saturated carbocycles. The van der Waals surface area contributed by atoms with Gasteiger partial charge in [-0.3, -0.25) is 9.59 Å². The van der Waals surface area contributed by atoms with E-state index in [9.17, 15) is 14.9 Å². The molecular weight excluding hydrogens is 322 g/mol. The number of hydrogen-bond acceptors (Lipinski definition) is 5. The zero-order chi connectivity index (χ0) is 16.9. The van der Waals surface area contributed by atoms with Crippen LogP contribution in [0.4, 0.5) is 0 Å². The van der Waals surface area contributed by atoms with E-state index in [1.54, 1.807) is 4.90 Å². The summed E-state index contributed by atoms with van der Waals surface area (Å²) in [5.74, 6) is -1.13. The van der Waals surface area contributed by atoms with Crippen LogP contribution in [0.3, 0.4) is 0 Å². The molecule has 1 aromatic carbocycles. The van der Waals surface area contributed by atoms with Gasteiger partial charge in [-0.05, 0) is 25.0 Å². The molecule has 24 heavy (non-hydrogen) atoms. The molecule has 1 atom stereocenters. The van der Waals surface area contributed by atoms with Crippen LogP contribution in [-0.2, 0) is 9.59 Å². The van der Waals surface area contributed by atoms with Crippen molar-refractivity contribution in [1.29, 1.82) is 5.26 Å². The number of Topliss-reactive ketones (excluding diaryl/α,β-unsaturated/α-hetero) is 1. The molecule has 0 bridgehead atoms. The predicted octanol–water partition coefficient (Wildman–Crippen LogP) is 3.27. The van der Waals surface area contributed by atoms with E-state index < -0.39 is 5.92 Å². The van der Waals surface area contributed by atoms with Gasteiger partial charge in [-0.2, -0.15) is 5.26 Å². The maximum Gasteiger partial charge on any atom is 0.222 e. The highest BCUT2D eigenvalue weighted by Crippen LogP contribution is 2.28. The number of benzene rings is 1. The summed E-state index contributed by atoms with van der Waals surface area (Å²) in [4.78, 5) is 30.8. The molecule has 0 N–H and O–H groups in total. The molecule has 1 saturated heterocycles. The van der Waals surface area contributed by atoms with Gasteiger partial charge in [0.15, 0.2) is 11.7 Å². The van der Waals surface area contributed by atoms with Gasteiger partial charge in [0.2, 0.25) is 5.91 Å². The first-order chi connectivity index (χ1) is 11.7. The van der Waals surface area contributed by atoms with Crippen LogP contribution < -0.4 is 0 Å². The molecule has 124 valence electrons. The number of rotatable bonds is 4. The second kappa shape index (κ2) is 7.54. The fraction of sp³-hybridized carbons (Fsp3) is 0.444. The first-order valence-electron chi connectivity index (χ1n) is 8.24. The zero-order valence-electron chi connectivity index (χ0n) is 13.4. The number of carbonyl (C=O) groups excluding carboxylic acids is 2. The van der Waals surface area contributed by atoms with Gasteiger partial charge in [-0.25, -0.2) is 4.98 Å². The molecule has 0 spiro atoms. The van der Waals surface area contributed by atoms with Gasteiger partial charge >= 0.3 is 0 Å². The summed E-state index contributed by atoms with van der Waals surface area (Å²) in [5, 5.41) is 9.98. The molecule has 5 nitrogen and oxygen atoms in total. The van der Waals surface area contributed by atoms with Crippen molar-refractivity contribution in [2.24, 2.45) is 0 Å². The van der Waals surface area contributed by atoms with Crippen molar-refractivity contribution in [1.82, 2.24) is 9.88 Å². The maximum atomic E-state index is 12.6. The van der Waals surface area contributed by atoms with Crippen molar-refractivity contribution in [2.75, 3.05) is 13.1 Å². The minimum Gasteiger partial charge on any atom is -0.335 e. The number of amides is 1. The van der Waals surface area contributed by atoms with Crippen LogP contribution in [0.15, 0.2) is 24.3 Å². The average molecular weight is 341 g/mol. The summed E-state index contributed by atoms with van der Waals surface area (Å²) < 4.78 is 0.961. The number of hydrogen-bond donors (Lipinski definition) is 0. The zero-order valence-corrected chi connectivity index (χ0v) is 14.2. The normalized spacial score (nSPS) is 17.1. The number of nitriles is 1. The molecule has 2 aromatic rings. The van der Waals surface area contributed by atoms with Crippen LogP contribution in [0.5, 0.6) is 0 Å². The first-order valence-corrected chi connectivity index (χ1v) is 9.06. The highest BCUT2D eigenvalue weighted by atomic mass is 32.1. The third kappa shape index (κ3) is 3.62. The van der Waals surface area contributed by atoms with E-state index in [1.165, 1.54) is 11.3 Å². The first kappa shape index (κ1) is 16.6. The molecule has 1 aromatic heterocycles. The Morgan fingerprint density at radius 3 is 2.88 bits per heavy atom. The molecule has 6 heteroatoms. The molecule has 2 heterocycles. The fourth-order valence-corrected chi connectivity index (χ4v) is 3.98. The van der Waals surface area contributed by atoms with Gasteiger partial charge in [0, 0.05) is 13.0 Å². The Bertz CT molecular complexity index is 760. The van der Waals surface area contributed by atoms with Gasteiger partial charge in [-0.15, -0.1) is 11.3 Å². The largest absolute Gasteiger partial charge is 0.335 e. The van der Waals surface area contributed by atoms with Crippen molar-refractivity contribution in [3.05, 3.63) is 29.3 Å². The number of fused-ring (bicyclic) bond motifs is 1. The number of likely N-dealkylation sites (tertiary alicyclic amines) is 1. The number of ketones is 1. The van der Waals surface area contributed by atoms with E-state index in [-0.39, 0.29) is 18.2 Å². The van der Waals surface area contributed by atoms with E-state index in [0.717, 1.165) is 35.9 Å². The molecule has 3 rings (SSSR count). The number of carbonyl (C=O) groups is 2. The molecule has 1 amide bonds. The van der Waals surface area contributed by atoms with Gasteiger partial charge in [-0.1, -0.05) is 25.0 Å². The van der Waals surface area contributed by atoms with Crippen LogP contribution >= 0.6 is 11.3 Å². The van der Waals surface area contributed by atoms with Crippen molar-refractivity contribution in [2.45, 2.75) is 38.0 Å². The SMILES string of the molecule is N#C[C@H](C(=O)CN1CCCCCCC1=O)c1nc2ccccc2s1. The van der Waals surface area contributed by atoms with Crippen molar-refractivity contribution >= 4 is 33.2 Å². The van der Waals surface area contributed by atoms with Gasteiger partial charge in [0.05, 0.1) is 22.8 Å². The van der Waals surface area contributed by atoms with Gasteiger partial charge in [0.25, 0.3) is 0 Å². The Hall–Kier alpha value is -2.26. The lowest BCUT2D eigenvalue weighted by atomic mass is 10.0. The van der Waals surface area contributed by atoms with Crippen LogP contribution in [0, 0.1) is 11.3 Å². The monoisotopic (exact) mass is 341 g/mol. The molecular formula is C18H19N3O2S. The molecule has 0 aliphatic carbocycles. The fourth-order valence-electron chi connectivity index (χ4n) is 2.94. The summed E-state index contributed by atoms with van der Waals surface area (Å²) in [6.07, 6.45) is 4.43. The Balaban J connectivity index is 1.76.